The van der Waals surface area contributed by atoms with Crippen molar-refractivity contribution >= 4 is 64.2 Å². The zero-order chi connectivity index (χ0) is 63.2. The molecule has 0 radical (unpaired) electrons. The van der Waals surface area contributed by atoms with Gasteiger partial charge in [-0.2, -0.15) is 0 Å². The van der Waals surface area contributed by atoms with Crippen molar-refractivity contribution in [1.82, 2.24) is 20.3 Å². The van der Waals surface area contributed by atoms with Gasteiger partial charge in [0.05, 0.1) is 35.5 Å². The SMILES string of the molecule is C=CC1=C=C(/C=C\N)N(c2cccc(-c3cccc4c(/C=C\CC)c(Cc5cccc(N6C7=CC(C=C(C8N=C(c9ccccc9)N=CN8)C=C7)c7cc(-c8ncnc(-c9ccccc9)n8)ccc76)c5)oc34)c2)C2=C=C1C=C(C(N=CN)=NC(=C)c1ccccc1)C=C2. The molecule has 5 heterocycles. The lowest BCUT2D eigenvalue weighted by Crippen LogP contribution is -2.32. The number of amidine groups is 2. The number of furan rings is 1. The van der Waals surface area contributed by atoms with Crippen LogP contribution in [0, 0.1) is 0 Å². The molecule has 2 atom stereocenters. The number of nitrogens with zero attached hydrogens (tertiary/aromatic N) is 9. The highest BCUT2D eigenvalue weighted by Crippen LogP contribution is 2.47. The van der Waals surface area contributed by atoms with E-state index in [-0.39, 0.29) is 12.1 Å². The van der Waals surface area contributed by atoms with Crippen LogP contribution in [0.4, 0.5) is 17.1 Å². The van der Waals surface area contributed by atoms with E-state index in [1.807, 2.05) is 115 Å². The summed E-state index contributed by atoms with van der Waals surface area (Å²) in [4.78, 5) is 37.8. The van der Waals surface area contributed by atoms with Gasteiger partial charge >= 0.3 is 0 Å². The predicted octanol–water partition coefficient (Wildman–Crippen LogP) is 16.5. The second-order valence-corrected chi connectivity index (χ2v) is 22.4. The van der Waals surface area contributed by atoms with Crippen molar-refractivity contribution in [2.75, 3.05) is 9.80 Å². The maximum absolute atomic E-state index is 7.21. The highest BCUT2D eigenvalue weighted by molar-refractivity contribution is 6.08. The van der Waals surface area contributed by atoms with Gasteiger partial charge in [0.25, 0.3) is 0 Å². The standard InChI is InChI=1S/C80H62N12O/c1-4-6-29-70-71-31-18-30-69(58-26-17-28-65(45-58)91-66-35-32-59(42-62(46-66)54(5-2)44-68(91)38-39-81)78(83-49-82)88-52(3)55-20-10-7-11-21-55)75(71)93-74(70)41-53-19-16-27-64(40-53)92-67-36-33-60(79-86-50-84-76(89-79)56-22-12-8-13-23-56)43-63(47-67)72-48-61(34-37-73(72)92)80-87-51-85-77(90-80)57-24-14-9-15-25-57/h5-40,42-43,45,47-51,63,79H,2-4,41,81H2,1H3,(H2,82,83,88)(H,84,86,89)/b29-6-,39-38-. The minimum atomic E-state index is -0.367. The number of rotatable bonds is 16. The van der Waals surface area contributed by atoms with E-state index in [2.05, 4.69) is 183 Å². The summed E-state index contributed by atoms with van der Waals surface area (Å²) in [6, 6.07) is 59.8. The molecular formula is C80H62N12O. The van der Waals surface area contributed by atoms with Gasteiger partial charge in [0.15, 0.2) is 23.3 Å². The first-order chi connectivity index (χ1) is 45.8. The number of aliphatic imine (C=N–C) groups is 4. The zero-order valence-electron chi connectivity index (χ0n) is 51.0. The summed E-state index contributed by atoms with van der Waals surface area (Å²) in [5.41, 5.74) is 37.9. The normalized spacial score (nSPS) is 16.7. The maximum atomic E-state index is 7.21. The molecule has 448 valence electrons. The van der Waals surface area contributed by atoms with Crippen molar-refractivity contribution in [3.8, 4) is 33.9 Å². The summed E-state index contributed by atoms with van der Waals surface area (Å²) < 4.78 is 7.21. The van der Waals surface area contributed by atoms with Crippen molar-refractivity contribution in [2.45, 2.75) is 31.8 Å². The number of para-hydroxylation sites is 1. The Labute approximate surface area is 539 Å². The van der Waals surface area contributed by atoms with E-state index in [0.29, 0.717) is 52.3 Å². The summed E-state index contributed by atoms with van der Waals surface area (Å²) in [6.45, 7) is 10.6. The van der Waals surface area contributed by atoms with E-state index in [9.17, 15) is 0 Å². The second kappa shape index (κ2) is 25.9. The van der Waals surface area contributed by atoms with Crippen LogP contribution in [0.3, 0.4) is 0 Å². The summed E-state index contributed by atoms with van der Waals surface area (Å²) in [5.74, 6) is 2.98. The lowest BCUT2D eigenvalue weighted by atomic mass is 9.89. The average molecular weight is 1210 g/mol. The fourth-order valence-electron chi connectivity index (χ4n) is 12.1. The van der Waals surface area contributed by atoms with E-state index in [0.717, 1.165) is 113 Å². The Hall–Kier alpha value is -12.5. The second-order valence-electron chi connectivity index (χ2n) is 22.4. The molecule has 0 fully saturated rings. The third-order valence-electron chi connectivity index (χ3n) is 16.5. The summed E-state index contributed by atoms with van der Waals surface area (Å²) in [7, 11) is 0. The van der Waals surface area contributed by atoms with Gasteiger partial charge in [0, 0.05) is 79.3 Å². The lowest BCUT2D eigenvalue weighted by molar-refractivity contribution is 0.562. The van der Waals surface area contributed by atoms with Crippen LogP contribution in [0.5, 0.6) is 0 Å². The summed E-state index contributed by atoms with van der Waals surface area (Å²) >= 11 is 0. The first kappa shape index (κ1) is 58.2. The van der Waals surface area contributed by atoms with Gasteiger partial charge in [-0.15, -0.1) is 0 Å². The molecule has 0 saturated carbocycles. The number of aromatic nitrogens is 3. The number of fused-ring (bicyclic) bond motifs is 4. The van der Waals surface area contributed by atoms with Crippen molar-refractivity contribution in [1.29, 1.82) is 0 Å². The molecule has 14 rings (SSSR count). The van der Waals surface area contributed by atoms with Crippen LogP contribution in [0.1, 0.15) is 52.8 Å². The molecule has 3 aliphatic heterocycles. The number of hydrogen-bond donors (Lipinski definition) is 3. The first-order valence-electron chi connectivity index (χ1n) is 30.7. The van der Waals surface area contributed by atoms with E-state index in [1.165, 1.54) is 12.5 Å². The summed E-state index contributed by atoms with van der Waals surface area (Å²) in [6.07, 6.45) is 30.0. The maximum Gasteiger partial charge on any atom is 0.163 e. The Morgan fingerprint density at radius 3 is 2.27 bits per heavy atom. The molecule has 9 aromatic rings. The molecule has 7 aromatic carbocycles. The third-order valence-corrected chi connectivity index (χ3v) is 16.5. The molecule has 5 N–H and O–H groups in total. The molecule has 2 unspecified atom stereocenters. The Morgan fingerprint density at radius 2 is 1.48 bits per heavy atom. The molecule has 4 bridgehead atoms. The van der Waals surface area contributed by atoms with Crippen LogP contribution >= 0.6 is 0 Å². The number of benzene rings is 7. The Bertz CT molecular complexity index is 5000. The topological polar surface area (TPSA) is 172 Å². The molecule has 13 nitrogen and oxygen atoms in total. The van der Waals surface area contributed by atoms with Gasteiger partial charge in [0.2, 0.25) is 0 Å². The van der Waals surface area contributed by atoms with Gasteiger partial charge in [-0.05, 0) is 119 Å². The van der Waals surface area contributed by atoms with Crippen LogP contribution < -0.4 is 26.6 Å². The van der Waals surface area contributed by atoms with E-state index in [1.54, 1.807) is 18.7 Å². The Balaban J connectivity index is 0.814. The predicted molar refractivity (Wildman–Crippen MR) is 379 cm³/mol. The minimum Gasteiger partial charge on any atom is -0.459 e. The van der Waals surface area contributed by atoms with Gasteiger partial charge in [-0.1, -0.05) is 195 Å². The zero-order valence-corrected chi connectivity index (χ0v) is 51.0. The van der Waals surface area contributed by atoms with Gasteiger partial charge in [-0.3, -0.25) is 4.90 Å². The Morgan fingerprint density at radius 1 is 0.731 bits per heavy atom. The molecule has 93 heavy (non-hydrogen) atoms. The minimum absolute atomic E-state index is 0.124. The first-order valence-corrected chi connectivity index (χ1v) is 30.7. The molecule has 2 aliphatic carbocycles. The molecular weight excluding hydrogens is 1140 g/mol. The van der Waals surface area contributed by atoms with Crippen molar-refractivity contribution in [3.63, 3.8) is 0 Å². The molecule has 0 saturated heterocycles. The quantitative estimate of drug-likeness (QED) is 0.0484. The third kappa shape index (κ3) is 11.9. The van der Waals surface area contributed by atoms with E-state index >= 15 is 0 Å². The molecule has 0 amide bonds. The number of nitrogens with one attached hydrogen (secondary N) is 1. The van der Waals surface area contributed by atoms with Crippen LogP contribution in [0.15, 0.2) is 338 Å². The van der Waals surface area contributed by atoms with Crippen LogP contribution in [-0.2, 0) is 6.42 Å². The molecule has 0 spiro atoms. The lowest BCUT2D eigenvalue weighted by Gasteiger charge is -2.34. The van der Waals surface area contributed by atoms with Gasteiger partial charge < -0.3 is 26.1 Å². The van der Waals surface area contributed by atoms with E-state index < -0.39 is 0 Å². The van der Waals surface area contributed by atoms with Gasteiger partial charge in [0.1, 0.15) is 23.8 Å². The summed E-state index contributed by atoms with van der Waals surface area (Å²) in [5, 5.41) is 4.45. The fourth-order valence-corrected chi connectivity index (χ4v) is 12.1. The number of nitrogens with two attached hydrogens (primary N) is 2. The molecule has 5 aliphatic rings. The number of hydrogen-bond acceptors (Lipinski definition) is 11. The van der Waals surface area contributed by atoms with Crippen molar-refractivity contribution in [3.05, 3.63) is 347 Å². The number of anilines is 3. The number of allylic oxidation sites excluding steroid dienone is 8. The van der Waals surface area contributed by atoms with Crippen molar-refractivity contribution < 1.29 is 4.42 Å². The highest BCUT2D eigenvalue weighted by atomic mass is 16.3. The fraction of sp³-hybridized carbons (Fsp3) is 0.0625. The van der Waals surface area contributed by atoms with E-state index in [4.69, 9.17) is 35.8 Å². The van der Waals surface area contributed by atoms with Crippen LogP contribution in [0.2, 0.25) is 0 Å². The van der Waals surface area contributed by atoms with Crippen LogP contribution in [-0.4, -0.2) is 45.5 Å². The average Bonchev–Trinajstić information content (AvgIpc) is 1.79. The smallest absolute Gasteiger partial charge is 0.163 e. The monoisotopic (exact) mass is 1210 g/mol. The largest absolute Gasteiger partial charge is 0.459 e. The highest BCUT2D eigenvalue weighted by Gasteiger charge is 2.31. The molecule has 2 aromatic heterocycles. The molecule has 13 heteroatoms. The Kier molecular flexibility index (Phi) is 16.2. The van der Waals surface area contributed by atoms with Crippen LogP contribution in [0.25, 0.3) is 56.6 Å². The van der Waals surface area contributed by atoms with Gasteiger partial charge in [-0.25, -0.2) is 34.9 Å². The van der Waals surface area contributed by atoms with Crippen molar-refractivity contribution in [2.24, 2.45) is 31.4 Å².